The number of anilines is 1. The molecule has 0 radical (unpaired) electrons. The van der Waals surface area contributed by atoms with Gasteiger partial charge in [0.1, 0.15) is 5.82 Å². The highest BCUT2D eigenvalue weighted by Crippen LogP contribution is 2.45. The van der Waals surface area contributed by atoms with Crippen molar-refractivity contribution in [2.45, 2.75) is 38.5 Å². The summed E-state index contributed by atoms with van der Waals surface area (Å²) < 4.78 is 14.5. The van der Waals surface area contributed by atoms with Gasteiger partial charge in [-0.05, 0) is 42.7 Å². The SMILES string of the molecule is CCCCc1ccc(N2CSC3=C(C#N)[C@@H](c4c(F)cccc4Cl)CC(=O)N3C2)cc1. The van der Waals surface area contributed by atoms with Gasteiger partial charge >= 0.3 is 0 Å². The monoisotopic (exact) mass is 455 g/mol. The molecular formula is C24H23ClFN3OS. The topological polar surface area (TPSA) is 47.3 Å². The minimum absolute atomic E-state index is 0.0252. The molecule has 160 valence electrons. The Morgan fingerprint density at radius 1 is 1.26 bits per heavy atom. The van der Waals surface area contributed by atoms with E-state index in [1.54, 1.807) is 11.0 Å². The van der Waals surface area contributed by atoms with Crippen LogP contribution in [-0.4, -0.2) is 23.4 Å². The van der Waals surface area contributed by atoms with Crippen LogP contribution in [0.15, 0.2) is 53.1 Å². The van der Waals surface area contributed by atoms with Crippen LogP contribution in [0, 0.1) is 17.1 Å². The summed E-state index contributed by atoms with van der Waals surface area (Å²) in [6, 6.07) is 15.1. The van der Waals surface area contributed by atoms with Gasteiger partial charge in [-0.3, -0.25) is 9.69 Å². The smallest absolute Gasteiger partial charge is 0.229 e. The van der Waals surface area contributed by atoms with Crippen molar-refractivity contribution >= 4 is 35.0 Å². The van der Waals surface area contributed by atoms with Gasteiger partial charge in [-0.15, -0.1) is 0 Å². The van der Waals surface area contributed by atoms with Gasteiger partial charge in [0.25, 0.3) is 0 Å². The van der Waals surface area contributed by atoms with Crippen molar-refractivity contribution in [2.24, 2.45) is 0 Å². The van der Waals surface area contributed by atoms with Gasteiger partial charge in [-0.2, -0.15) is 5.26 Å². The molecule has 0 aromatic heterocycles. The minimum Gasteiger partial charge on any atom is -0.344 e. The van der Waals surface area contributed by atoms with E-state index in [9.17, 15) is 14.4 Å². The van der Waals surface area contributed by atoms with Crippen molar-refractivity contribution in [2.75, 3.05) is 17.4 Å². The van der Waals surface area contributed by atoms with E-state index in [-0.39, 0.29) is 22.9 Å². The standard InChI is InChI=1S/C24H23ClFN3OS/c1-2-3-5-16-8-10-17(11-9-16)28-14-29-22(30)12-18(19(13-27)24(29)31-15-28)23-20(25)6-4-7-21(23)26/h4,6-11,18H,2-3,5,12,14-15H2,1H3/t18-/m0/s1. The fourth-order valence-corrected chi connectivity index (χ4v) is 5.53. The Hall–Kier alpha value is -2.49. The van der Waals surface area contributed by atoms with Gasteiger partial charge in [-0.1, -0.05) is 54.9 Å². The van der Waals surface area contributed by atoms with E-state index < -0.39 is 11.7 Å². The van der Waals surface area contributed by atoms with Crippen molar-refractivity contribution < 1.29 is 9.18 Å². The van der Waals surface area contributed by atoms with Crippen molar-refractivity contribution in [1.29, 1.82) is 5.26 Å². The summed E-state index contributed by atoms with van der Waals surface area (Å²) in [6.45, 7) is 2.55. The summed E-state index contributed by atoms with van der Waals surface area (Å²) in [5.74, 6) is -0.668. The average molecular weight is 456 g/mol. The van der Waals surface area contributed by atoms with E-state index in [0.29, 0.717) is 23.1 Å². The number of nitriles is 1. The van der Waals surface area contributed by atoms with Gasteiger partial charge in [0, 0.05) is 28.6 Å². The zero-order valence-electron chi connectivity index (χ0n) is 17.3. The Bertz CT molecular complexity index is 1040. The number of amides is 1. The zero-order valence-corrected chi connectivity index (χ0v) is 18.8. The number of thioether (sulfide) groups is 1. The maximum atomic E-state index is 14.5. The van der Waals surface area contributed by atoms with Gasteiger partial charge in [0.15, 0.2) is 0 Å². The molecule has 1 fully saturated rings. The molecule has 1 amide bonds. The number of unbranched alkanes of at least 4 members (excludes halogenated alkanes) is 1. The van der Waals surface area contributed by atoms with E-state index in [2.05, 4.69) is 42.2 Å². The molecule has 2 heterocycles. The van der Waals surface area contributed by atoms with Crippen LogP contribution in [0.4, 0.5) is 10.1 Å². The summed E-state index contributed by atoms with van der Waals surface area (Å²) in [5.41, 5.74) is 2.98. The molecule has 4 rings (SSSR count). The second-order valence-corrected chi connectivity index (χ2v) is 9.11. The lowest BCUT2D eigenvalue weighted by Gasteiger charge is -2.42. The molecule has 2 aliphatic rings. The first-order valence-electron chi connectivity index (χ1n) is 10.4. The number of halogens is 2. The van der Waals surface area contributed by atoms with E-state index in [1.807, 2.05) is 0 Å². The highest BCUT2D eigenvalue weighted by molar-refractivity contribution is 8.03. The molecular weight excluding hydrogens is 433 g/mol. The van der Waals surface area contributed by atoms with Crippen molar-refractivity contribution in [3.63, 3.8) is 0 Å². The summed E-state index contributed by atoms with van der Waals surface area (Å²) >= 11 is 7.68. The summed E-state index contributed by atoms with van der Waals surface area (Å²) in [6.07, 6.45) is 3.42. The molecule has 0 spiro atoms. The molecule has 31 heavy (non-hydrogen) atoms. The number of aryl methyl sites for hydroxylation is 1. The molecule has 4 nitrogen and oxygen atoms in total. The van der Waals surface area contributed by atoms with Crippen molar-refractivity contribution in [3.8, 4) is 6.07 Å². The number of nitrogens with zero attached hydrogens (tertiary/aromatic N) is 3. The van der Waals surface area contributed by atoms with Gasteiger partial charge in [0.2, 0.25) is 5.91 Å². The summed E-state index contributed by atoms with van der Waals surface area (Å²) in [5, 5.41) is 10.7. The Kier molecular flexibility index (Phi) is 6.54. The lowest BCUT2D eigenvalue weighted by Crippen LogP contribution is -2.47. The van der Waals surface area contributed by atoms with Crippen LogP contribution in [0.5, 0.6) is 0 Å². The zero-order chi connectivity index (χ0) is 22.0. The molecule has 2 aromatic rings. The number of hydrogen-bond acceptors (Lipinski definition) is 4. The predicted octanol–water partition coefficient (Wildman–Crippen LogP) is 6.04. The predicted molar refractivity (Wildman–Crippen MR) is 123 cm³/mol. The minimum atomic E-state index is -0.658. The van der Waals surface area contributed by atoms with Crippen LogP contribution in [-0.2, 0) is 11.2 Å². The first-order chi connectivity index (χ1) is 15.0. The Balaban J connectivity index is 1.60. The van der Waals surface area contributed by atoms with E-state index in [1.165, 1.54) is 35.9 Å². The molecule has 0 N–H and O–H groups in total. The largest absolute Gasteiger partial charge is 0.344 e. The maximum absolute atomic E-state index is 14.5. The van der Waals surface area contributed by atoms with Crippen LogP contribution < -0.4 is 4.90 Å². The second-order valence-electron chi connectivity index (χ2n) is 7.77. The Labute approximate surface area is 191 Å². The third-order valence-corrected chi connectivity index (χ3v) is 7.25. The Morgan fingerprint density at radius 2 is 2.03 bits per heavy atom. The van der Waals surface area contributed by atoms with Crippen LogP contribution in [0.3, 0.4) is 0 Å². The number of benzene rings is 2. The fraction of sp³-hybridized carbons (Fsp3) is 0.333. The number of rotatable bonds is 5. The number of carbonyl (C=O) groups is 1. The lowest BCUT2D eigenvalue weighted by atomic mass is 9.86. The number of carbonyl (C=O) groups excluding carboxylic acids is 1. The Morgan fingerprint density at radius 3 is 2.71 bits per heavy atom. The van der Waals surface area contributed by atoms with Crippen LogP contribution in [0.25, 0.3) is 0 Å². The molecule has 0 unspecified atom stereocenters. The van der Waals surface area contributed by atoms with Crippen LogP contribution in [0.2, 0.25) is 5.02 Å². The third-order valence-electron chi connectivity index (χ3n) is 5.76. The maximum Gasteiger partial charge on any atom is 0.229 e. The molecule has 0 bridgehead atoms. The highest BCUT2D eigenvalue weighted by Gasteiger charge is 2.39. The van der Waals surface area contributed by atoms with Crippen molar-refractivity contribution in [1.82, 2.24) is 4.90 Å². The molecule has 1 saturated heterocycles. The summed E-state index contributed by atoms with van der Waals surface area (Å²) in [4.78, 5) is 16.8. The average Bonchev–Trinajstić information content (AvgIpc) is 2.78. The molecule has 7 heteroatoms. The van der Waals surface area contributed by atoms with Crippen molar-refractivity contribution in [3.05, 3.63) is 75.0 Å². The fourth-order valence-electron chi connectivity index (χ4n) is 4.07. The lowest BCUT2D eigenvalue weighted by molar-refractivity contribution is -0.129. The van der Waals surface area contributed by atoms with Gasteiger partial charge in [-0.25, -0.2) is 4.39 Å². The molecule has 0 saturated carbocycles. The van der Waals surface area contributed by atoms with Crippen LogP contribution in [0.1, 0.15) is 43.2 Å². The van der Waals surface area contributed by atoms with Gasteiger partial charge in [0.05, 0.1) is 29.2 Å². The van der Waals surface area contributed by atoms with Crippen LogP contribution >= 0.6 is 23.4 Å². The first-order valence-corrected chi connectivity index (χ1v) is 11.7. The first kappa shape index (κ1) is 21.7. The molecule has 2 aliphatic heterocycles. The second kappa shape index (κ2) is 9.33. The quantitative estimate of drug-likeness (QED) is 0.551. The normalized spacial score (nSPS) is 18.8. The number of hydrogen-bond donors (Lipinski definition) is 0. The van der Waals surface area contributed by atoms with Gasteiger partial charge < -0.3 is 4.90 Å². The number of fused-ring (bicyclic) bond motifs is 1. The summed E-state index contributed by atoms with van der Waals surface area (Å²) in [7, 11) is 0. The highest BCUT2D eigenvalue weighted by atomic mass is 35.5. The van der Waals surface area contributed by atoms with E-state index in [0.717, 1.165) is 18.5 Å². The molecule has 2 aromatic carbocycles. The molecule has 1 atom stereocenters. The molecule has 0 aliphatic carbocycles. The van der Waals surface area contributed by atoms with E-state index in [4.69, 9.17) is 11.6 Å². The number of allylic oxidation sites excluding steroid dienone is 1. The van der Waals surface area contributed by atoms with E-state index >= 15 is 0 Å². The third kappa shape index (κ3) is 4.30.